The zero-order chi connectivity index (χ0) is 23.7. The molecule has 0 aromatic heterocycles. The van der Waals surface area contributed by atoms with E-state index in [0.29, 0.717) is 6.54 Å². The van der Waals surface area contributed by atoms with E-state index in [4.69, 9.17) is 9.47 Å². The van der Waals surface area contributed by atoms with Crippen molar-refractivity contribution in [3.8, 4) is 11.5 Å². The topological polar surface area (TPSA) is 111 Å². The van der Waals surface area contributed by atoms with E-state index in [1.807, 2.05) is 38.1 Å². The molecule has 0 saturated heterocycles. The lowest BCUT2D eigenvalue weighted by Gasteiger charge is -2.29. The predicted octanol–water partition coefficient (Wildman–Crippen LogP) is 3.23. The van der Waals surface area contributed by atoms with Crippen LogP contribution in [-0.4, -0.2) is 47.9 Å². The fraction of sp³-hybridized carbons (Fsp3) is 0.391. The van der Waals surface area contributed by atoms with E-state index in [1.54, 1.807) is 6.92 Å². The van der Waals surface area contributed by atoms with Gasteiger partial charge in [0.25, 0.3) is 5.91 Å². The van der Waals surface area contributed by atoms with Gasteiger partial charge in [0.15, 0.2) is 6.61 Å². The number of nitro benzene ring substituents is 1. The van der Waals surface area contributed by atoms with Gasteiger partial charge >= 0.3 is 5.69 Å². The number of nitro groups is 1. The summed E-state index contributed by atoms with van der Waals surface area (Å²) < 4.78 is 10.6. The third-order valence-electron chi connectivity index (χ3n) is 5.03. The van der Waals surface area contributed by atoms with Gasteiger partial charge in [-0.15, -0.1) is 0 Å². The number of benzene rings is 2. The zero-order valence-electron chi connectivity index (χ0n) is 18.8. The second kappa shape index (κ2) is 11.7. The van der Waals surface area contributed by atoms with E-state index >= 15 is 0 Å². The van der Waals surface area contributed by atoms with Gasteiger partial charge in [-0.25, -0.2) is 0 Å². The van der Waals surface area contributed by atoms with Crippen LogP contribution in [0, 0.1) is 17.0 Å². The standard InChI is InChI=1S/C23H29N3O6/c1-5-12-24-23(28)17(3)25(14-18-9-7-6-8-16(18)2)22(27)15-32-19-10-11-20(26(29)30)21(13-19)31-4/h6-11,13,17H,5,12,14-15H2,1-4H3,(H,24,28). The molecular formula is C23H29N3O6. The number of carbonyl (C=O) groups excluding carboxylic acids is 2. The molecular weight excluding hydrogens is 414 g/mol. The largest absolute Gasteiger partial charge is 0.490 e. The van der Waals surface area contributed by atoms with Crippen molar-refractivity contribution >= 4 is 17.5 Å². The Hall–Kier alpha value is -3.62. The highest BCUT2D eigenvalue weighted by atomic mass is 16.6. The molecule has 9 heteroatoms. The number of hydrogen-bond acceptors (Lipinski definition) is 6. The molecule has 0 bridgehead atoms. The molecule has 0 aliphatic heterocycles. The Morgan fingerprint density at radius 3 is 2.56 bits per heavy atom. The quantitative estimate of drug-likeness (QED) is 0.422. The average Bonchev–Trinajstić information content (AvgIpc) is 2.79. The molecule has 0 aliphatic rings. The minimum Gasteiger partial charge on any atom is -0.490 e. The minimum atomic E-state index is -0.705. The molecule has 172 valence electrons. The van der Waals surface area contributed by atoms with Crippen LogP contribution in [-0.2, 0) is 16.1 Å². The van der Waals surface area contributed by atoms with Gasteiger partial charge in [-0.1, -0.05) is 31.2 Å². The lowest BCUT2D eigenvalue weighted by Crippen LogP contribution is -2.49. The maximum Gasteiger partial charge on any atom is 0.311 e. The Labute approximate surface area is 187 Å². The third kappa shape index (κ3) is 6.44. The van der Waals surface area contributed by atoms with Crippen molar-refractivity contribution in [3.63, 3.8) is 0 Å². The first-order chi connectivity index (χ1) is 15.3. The number of aryl methyl sites for hydroxylation is 1. The summed E-state index contributed by atoms with van der Waals surface area (Å²) in [5.41, 5.74) is 1.73. The summed E-state index contributed by atoms with van der Waals surface area (Å²) in [5, 5.41) is 13.9. The maximum absolute atomic E-state index is 13.1. The second-order valence-electron chi connectivity index (χ2n) is 7.29. The van der Waals surface area contributed by atoms with Crippen LogP contribution in [0.3, 0.4) is 0 Å². The molecule has 1 N–H and O–H groups in total. The number of rotatable bonds is 11. The number of hydrogen-bond donors (Lipinski definition) is 1. The minimum absolute atomic E-state index is 0.0315. The summed E-state index contributed by atoms with van der Waals surface area (Å²) in [6.07, 6.45) is 0.787. The SMILES string of the molecule is CCCNC(=O)C(C)N(Cc1ccccc1C)C(=O)COc1ccc([N+](=O)[O-])c(OC)c1. The van der Waals surface area contributed by atoms with Crippen molar-refractivity contribution in [2.75, 3.05) is 20.3 Å². The molecule has 0 saturated carbocycles. The van der Waals surface area contributed by atoms with Crippen molar-refractivity contribution in [3.05, 3.63) is 63.7 Å². The monoisotopic (exact) mass is 443 g/mol. The van der Waals surface area contributed by atoms with Crippen LogP contribution < -0.4 is 14.8 Å². The summed E-state index contributed by atoms with van der Waals surface area (Å²) in [5.74, 6) is -0.348. The van der Waals surface area contributed by atoms with Crippen molar-refractivity contribution in [1.82, 2.24) is 10.2 Å². The van der Waals surface area contributed by atoms with E-state index in [1.165, 1.54) is 30.2 Å². The molecule has 9 nitrogen and oxygen atoms in total. The van der Waals surface area contributed by atoms with Crippen LogP contribution in [0.1, 0.15) is 31.4 Å². The van der Waals surface area contributed by atoms with Gasteiger partial charge in [-0.2, -0.15) is 0 Å². The molecule has 2 aromatic carbocycles. The summed E-state index contributed by atoms with van der Waals surface area (Å²) in [4.78, 5) is 37.6. The number of nitrogens with zero attached hydrogens (tertiary/aromatic N) is 2. The highest BCUT2D eigenvalue weighted by Gasteiger charge is 2.27. The molecule has 2 rings (SSSR count). The van der Waals surface area contributed by atoms with Crippen molar-refractivity contribution in [1.29, 1.82) is 0 Å². The summed E-state index contributed by atoms with van der Waals surface area (Å²) in [6, 6.07) is 11.0. The molecule has 0 spiro atoms. The zero-order valence-corrected chi connectivity index (χ0v) is 18.8. The molecule has 2 aromatic rings. The van der Waals surface area contributed by atoms with Gasteiger partial charge in [-0.05, 0) is 37.5 Å². The Balaban J connectivity index is 2.19. The Kier molecular flexibility index (Phi) is 9.00. The van der Waals surface area contributed by atoms with Crippen LogP contribution in [0.25, 0.3) is 0 Å². The van der Waals surface area contributed by atoms with E-state index < -0.39 is 11.0 Å². The smallest absolute Gasteiger partial charge is 0.311 e. The van der Waals surface area contributed by atoms with Gasteiger partial charge in [0, 0.05) is 25.2 Å². The highest BCUT2D eigenvalue weighted by Crippen LogP contribution is 2.30. The van der Waals surface area contributed by atoms with Gasteiger partial charge in [0.1, 0.15) is 11.8 Å². The lowest BCUT2D eigenvalue weighted by atomic mass is 10.1. The van der Waals surface area contributed by atoms with Crippen LogP contribution in [0.2, 0.25) is 0 Å². The van der Waals surface area contributed by atoms with Crippen LogP contribution >= 0.6 is 0 Å². The average molecular weight is 444 g/mol. The third-order valence-corrected chi connectivity index (χ3v) is 5.03. The predicted molar refractivity (Wildman–Crippen MR) is 120 cm³/mol. The van der Waals surface area contributed by atoms with Crippen LogP contribution in [0.4, 0.5) is 5.69 Å². The van der Waals surface area contributed by atoms with Gasteiger partial charge in [-0.3, -0.25) is 19.7 Å². The molecule has 2 amide bonds. The van der Waals surface area contributed by atoms with Gasteiger partial charge in [0.05, 0.1) is 12.0 Å². The Morgan fingerprint density at radius 2 is 1.94 bits per heavy atom. The molecule has 0 aliphatic carbocycles. The van der Waals surface area contributed by atoms with E-state index in [9.17, 15) is 19.7 Å². The molecule has 32 heavy (non-hydrogen) atoms. The number of methoxy groups -OCH3 is 1. The fourth-order valence-corrected chi connectivity index (χ4v) is 3.08. The number of amides is 2. The highest BCUT2D eigenvalue weighted by molar-refractivity contribution is 5.88. The number of ether oxygens (including phenoxy) is 2. The first-order valence-electron chi connectivity index (χ1n) is 10.3. The summed E-state index contributed by atoms with van der Waals surface area (Å²) >= 11 is 0. The number of carbonyl (C=O) groups is 2. The van der Waals surface area contributed by atoms with E-state index in [-0.39, 0.29) is 42.2 Å². The molecule has 1 unspecified atom stereocenters. The first kappa shape index (κ1) is 24.6. The van der Waals surface area contributed by atoms with Crippen molar-refractivity contribution in [2.45, 2.75) is 39.8 Å². The normalized spacial score (nSPS) is 11.4. The number of nitrogens with one attached hydrogen (secondary N) is 1. The lowest BCUT2D eigenvalue weighted by molar-refractivity contribution is -0.385. The summed E-state index contributed by atoms with van der Waals surface area (Å²) in [7, 11) is 1.32. The van der Waals surface area contributed by atoms with E-state index in [2.05, 4.69) is 5.32 Å². The molecule has 0 fully saturated rings. The summed E-state index contributed by atoms with van der Waals surface area (Å²) in [6.45, 7) is 6.01. The first-order valence-corrected chi connectivity index (χ1v) is 10.3. The van der Waals surface area contributed by atoms with Crippen LogP contribution in [0.5, 0.6) is 11.5 Å². The van der Waals surface area contributed by atoms with E-state index in [0.717, 1.165) is 17.5 Å². The second-order valence-corrected chi connectivity index (χ2v) is 7.29. The Morgan fingerprint density at radius 1 is 1.22 bits per heavy atom. The molecule has 1 atom stereocenters. The molecule has 0 radical (unpaired) electrons. The fourth-order valence-electron chi connectivity index (χ4n) is 3.08. The van der Waals surface area contributed by atoms with Crippen molar-refractivity contribution < 1.29 is 24.0 Å². The Bertz CT molecular complexity index is 962. The van der Waals surface area contributed by atoms with Crippen molar-refractivity contribution in [2.24, 2.45) is 0 Å². The van der Waals surface area contributed by atoms with Gasteiger partial charge in [0.2, 0.25) is 11.7 Å². The maximum atomic E-state index is 13.1. The van der Waals surface area contributed by atoms with Crippen LogP contribution in [0.15, 0.2) is 42.5 Å². The van der Waals surface area contributed by atoms with Gasteiger partial charge < -0.3 is 19.7 Å². The molecule has 0 heterocycles.